The summed E-state index contributed by atoms with van der Waals surface area (Å²) in [7, 11) is 0. The van der Waals surface area contributed by atoms with E-state index in [1.54, 1.807) is 17.4 Å². The number of benzene rings is 2. The van der Waals surface area contributed by atoms with Crippen LogP contribution >= 0.6 is 11.3 Å². The molecule has 1 amide bonds. The summed E-state index contributed by atoms with van der Waals surface area (Å²) < 4.78 is 15.3. The van der Waals surface area contributed by atoms with E-state index >= 15 is 0 Å². The average Bonchev–Trinajstić information content (AvgIpc) is 3.53. The van der Waals surface area contributed by atoms with Crippen molar-refractivity contribution in [3.63, 3.8) is 0 Å². The van der Waals surface area contributed by atoms with Crippen LogP contribution in [0, 0.1) is 5.82 Å². The highest BCUT2D eigenvalue weighted by molar-refractivity contribution is 7.18. The number of para-hydroxylation sites is 1. The normalized spacial score (nSPS) is 18.6. The Bertz CT molecular complexity index is 1010. The molecule has 2 fully saturated rings. The maximum atomic E-state index is 14.1. The van der Waals surface area contributed by atoms with Crippen LogP contribution in [0.15, 0.2) is 48.5 Å². The van der Waals surface area contributed by atoms with Crippen LogP contribution in [0.4, 0.5) is 4.39 Å². The van der Waals surface area contributed by atoms with Gasteiger partial charge in [-0.25, -0.2) is 9.37 Å². The van der Waals surface area contributed by atoms with Gasteiger partial charge in [0.25, 0.3) is 5.91 Å². The largest absolute Gasteiger partial charge is 0.338 e. The predicted molar refractivity (Wildman–Crippen MR) is 117 cm³/mol. The van der Waals surface area contributed by atoms with E-state index in [1.165, 1.54) is 20.7 Å². The zero-order chi connectivity index (χ0) is 20.5. The van der Waals surface area contributed by atoms with Crippen LogP contribution in [0.25, 0.3) is 10.2 Å². The number of amides is 1. The molecular formula is C24H27FN3OS+. The number of nitrogens with zero attached hydrogens (tertiary/aromatic N) is 2. The molecule has 156 valence electrons. The lowest BCUT2D eigenvalue weighted by Crippen LogP contribution is -3.13. The number of aromatic nitrogens is 1. The second kappa shape index (κ2) is 8.44. The van der Waals surface area contributed by atoms with Crippen LogP contribution in [-0.4, -0.2) is 41.5 Å². The second-order valence-electron chi connectivity index (χ2n) is 8.55. The molecule has 6 heteroatoms. The molecule has 1 aliphatic carbocycles. The fourth-order valence-corrected chi connectivity index (χ4v) is 5.61. The number of hydrogen-bond donors (Lipinski definition) is 1. The van der Waals surface area contributed by atoms with Crippen molar-refractivity contribution < 1.29 is 14.1 Å². The first-order valence-corrected chi connectivity index (χ1v) is 11.7. The monoisotopic (exact) mass is 424 g/mol. The Labute approximate surface area is 180 Å². The van der Waals surface area contributed by atoms with Crippen LogP contribution in [0.1, 0.15) is 42.2 Å². The number of halogens is 1. The van der Waals surface area contributed by atoms with Gasteiger partial charge in [-0.2, -0.15) is 0 Å². The van der Waals surface area contributed by atoms with Gasteiger partial charge < -0.3 is 9.80 Å². The summed E-state index contributed by atoms with van der Waals surface area (Å²) in [4.78, 5) is 21.0. The number of hydrogen-bond acceptors (Lipinski definition) is 3. The molecule has 0 bridgehead atoms. The van der Waals surface area contributed by atoms with Crippen LogP contribution < -0.4 is 4.90 Å². The Kier molecular flexibility index (Phi) is 5.52. The van der Waals surface area contributed by atoms with E-state index in [0.29, 0.717) is 30.6 Å². The first-order chi connectivity index (χ1) is 14.7. The molecular weight excluding hydrogens is 397 g/mol. The molecule has 30 heavy (non-hydrogen) atoms. The van der Waals surface area contributed by atoms with Crippen LogP contribution in [0.5, 0.6) is 0 Å². The highest BCUT2D eigenvalue weighted by Crippen LogP contribution is 2.33. The van der Waals surface area contributed by atoms with Gasteiger partial charge in [0.1, 0.15) is 12.4 Å². The van der Waals surface area contributed by atoms with E-state index in [9.17, 15) is 9.18 Å². The molecule has 4 nitrogen and oxygen atoms in total. The van der Waals surface area contributed by atoms with Crippen molar-refractivity contribution in [3.8, 4) is 0 Å². The van der Waals surface area contributed by atoms with Gasteiger partial charge in [0.2, 0.25) is 0 Å². The molecule has 0 spiro atoms. The Morgan fingerprint density at radius 2 is 1.80 bits per heavy atom. The SMILES string of the molecule is O=C(C[NH+](Cc1ccccc1F)C1CC1)N1CCC(c2nc3ccccc3s2)CC1. The molecule has 1 atom stereocenters. The third kappa shape index (κ3) is 4.25. The number of rotatable bonds is 6. The van der Waals surface area contributed by atoms with Gasteiger partial charge in [0.05, 0.1) is 21.3 Å². The lowest BCUT2D eigenvalue weighted by Gasteiger charge is -2.32. The molecule has 1 saturated carbocycles. The number of piperidine rings is 1. The quantitative estimate of drug-likeness (QED) is 0.659. The van der Waals surface area contributed by atoms with E-state index in [4.69, 9.17) is 4.98 Å². The van der Waals surface area contributed by atoms with Crippen molar-refractivity contribution in [2.45, 2.75) is 44.2 Å². The molecule has 2 aromatic carbocycles. The Balaban J connectivity index is 1.19. The second-order valence-corrected chi connectivity index (χ2v) is 9.61. The predicted octanol–water partition coefficient (Wildman–Crippen LogP) is 3.39. The van der Waals surface area contributed by atoms with E-state index in [2.05, 4.69) is 18.2 Å². The molecule has 5 rings (SSSR count). The maximum Gasteiger partial charge on any atom is 0.277 e. The molecule has 2 aliphatic rings. The van der Waals surface area contributed by atoms with Gasteiger partial charge in [0, 0.05) is 37.4 Å². The summed E-state index contributed by atoms with van der Waals surface area (Å²) in [6.07, 6.45) is 4.21. The number of thiazole rings is 1. The van der Waals surface area contributed by atoms with Gasteiger partial charge in [0.15, 0.2) is 6.54 Å². The minimum Gasteiger partial charge on any atom is -0.338 e. The van der Waals surface area contributed by atoms with Gasteiger partial charge in [-0.15, -0.1) is 11.3 Å². The van der Waals surface area contributed by atoms with Crippen molar-refractivity contribution in [2.24, 2.45) is 0 Å². The fourth-order valence-electron chi connectivity index (χ4n) is 4.48. The maximum absolute atomic E-state index is 14.1. The number of likely N-dealkylation sites (tertiary alicyclic amines) is 1. The standard InChI is InChI=1S/C24H26FN3OS/c25-20-6-2-1-5-18(20)15-28(19-9-10-19)16-23(29)27-13-11-17(12-14-27)24-26-21-7-3-4-8-22(21)30-24/h1-8,17,19H,9-16H2/p+1. The summed E-state index contributed by atoms with van der Waals surface area (Å²) in [5.41, 5.74) is 1.79. The van der Waals surface area contributed by atoms with Crippen LogP contribution in [-0.2, 0) is 11.3 Å². The van der Waals surface area contributed by atoms with Crippen molar-refractivity contribution in [2.75, 3.05) is 19.6 Å². The molecule has 1 saturated heterocycles. The van der Waals surface area contributed by atoms with E-state index < -0.39 is 0 Å². The van der Waals surface area contributed by atoms with E-state index in [0.717, 1.165) is 44.3 Å². The first-order valence-electron chi connectivity index (χ1n) is 10.9. The summed E-state index contributed by atoms with van der Waals surface area (Å²) in [5, 5.41) is 1.20. The van der Waals surface area contributed by atoms with Gasteiger partial charge in [-0.3, -0.25) is 4.79 Å². The summed E-state index contributed by atoms with van der Waals surface area (Å²) in [6.45, 7) is 2.63. The molecule has 1 aliphatic heterocycles. The van der Waals surface area contributed by atoms with Gasteiger partial charge in [-0.05, 0) is 31.0 Å². The van der Waals surface area contributed by atoms with Gasteiger partial charge in [-0.1, -0.05) is 30.3 Å². The third-order valence-electron chi connectivity index (χ3n) is 6.42. The molecule has 0 radical (unpaired) electrons. The lowest BCUT2D eigenvalue weighted by atomic mass is 9.97. The minimum absolute atomic E-state index is 0.167. The molecule has 1 aromatic heterocycles. The van der Waals surface area contributed by atoms with E-state index in [-0.39, 0.29) is 11.7 Å². The van der Waals surface area contributed by atoms with Crippen molar-refractivity contribution in [1.29, 1.82) is 0 Å². The lowest BCUT2D eigenvalue weighted by molar-refractivity contribution is -0.917. The number of quaternary nitrogens is 1. The van der Waals surface area contributed by atoms with Crippen molar-refractivity contribution in [3.05, 3.63) is 64.9 Å². The topological polar surface area (TPSA) is 37.6 Å². The molecule has 1 N–H and O–H groups in total. The van der Waals surface area contributed by atoms with Crippen LogP contribution in [0.2, 0.25) is 0 Å². The summed E-state index contributed by atoms with van der Waals surface area (Å²) in [6, 6.07) is 15.7. The fraction of sp³-hybridized carbons (Fsp3) is 0.417. The number of nitrogens with one attached hydrogen (secondary N) is 1. The van der Waals surface area contributed by atoms with Crippen LogP contribution in [0.3, 0.4) is 0 Å². The Morgan fingerprint density at radius 3 is 2.53 bits per heavy atom. The smallest absolute Gasteiger partial charge is 0.277 e. The summed E-state index contributed by atoms with van der Waals surface area (Å²) >= 11 is 1.78. The number of fused-ring (bicyclic) bond motifs is 1. The summed E-state index contributed by atoms with van der Waals surface area (Å²) in [5.74, 6) is 0.479. The average molecular weight is 425 g/mol. The Morgan fingerprint density at radius 1 is 1.07 bits per heavy atom. The molecule has 3 aromatic rings. The number of carbonyl (C=O) groups is 1. The zero-order valence-corrected chi connectivity index (χ0v) is 17.8. The van der Waals surface area contributed by atoms with E-state index in [1.807, 2.05) is 23.1 Å². The zero-order valence-electron chi connectivity index (χ0n) is 17.0. The number of carbonyl (C=O) groups excluding carboxylic acids is 1. The Hall–Kier alpha value is -2.31. The minimum atomic E-state index is -0.167. The molecule has 2 heterocycles. The molecule has 1 unspecified atom stereocenters. The van der Waals surface area contributed by atoms with Crippen molar-refractivity contribution >= 4 is 27.5 Å². The first kappa shape index (κ1) is 19.6. The highest BCUT2D eigenvalue weighted by Gasteiger charge is 2.36. The highest BCUT2D eigenvalue weighted by atomic mass is 32.1. The van der Waals surface area contributed by atoms with Gasteiger partial charge >= 0.3 is 0 Å². The van der Waals surface area contributed by atoms with Crippen molar-refractivity contribution in [1.82, 2.24) is 9.88 Å². The third-order valence-corrected chi connectivity index (χ3v) is 7.61.